The zero-order valence-corrected chi connectivity index (χ0v) is 15.2. The standard InChI is InChI=1S/C19H14F3N3O5/c20-19(21,22)18-24-12-3-1-2-4-13(12)25(18)8-17(27)28-9-16(26)23-11-5-6-14-15(7-11)30-10-29-14/h1-7H,8-10H2,(H,23,26). The highest BCUT2D eigenvalue weighted by molar-refractivity contribution is 5.93. The molecule has 0 radical (unpaired) electrons. The summed E-state index contributed by atoms with van der Waals surface area (Å²) in [5.41, 5.74) is 0.616. The molecule has 0 spiro atoms. The molecule has 30 heavy (non-hydrogen) atoms. The number of alkyl halides is 3. The number of imidazole rings is 1. The number of ether oxygens (including phenoxy) is 3. The largest absolute Gasteiger partial charge is 0.454 e. The smallest absolute Gasteiger partial charge is 0.449 e. The van der Waals surface area contributed by atoms with Crippen LogP contribution in [0.15, 0.2) is 42.5 Å². The molecule has 1 amide bonds. The molecule has 1 aliphatic heterocycles. The second-order valence-corrected chi connectivity index (χ2v) is 6.28. The molecule has 0 saturated heterocycles. The number of hydrogen-bond acceptors (Lipinski definition) is 6. The molecule has 4 rings (SSSR count). The van der Waals surface area contributed by atoms with Gasteiger partial charge < -0.3 is 24.1 Å². The van der Waals surface area contributed by atoms with E-state index in [9.17, 15) is 22.8 Å². The molecule has 0 aliphatic carbocycles. The Kier molecular flexibility index (Phi) is 4.94. The van der Waals surface area contributed by atoms with Crippen molar-refractivity contribution in [1.82, 2.24) is 9.55 Å². The van der Waals surface area contributed by atoms with E-state index in [1.165, 1.54) is 24.3 Å². The van der Waals surface area contributed by atoms with Crippen molar-refractivity contribution in [2.24, 2.45) is 0 Å². The fraction of sp³-hybridized carbons (Fsp3) is 0.211. The van der Waals surface area contributed by atoms with Gasteiger partial charge in [0.25, 0.3) is 5.91 Å². The number of nitrogens with one attached hydrogen (secondary N) is 1. The molecule has 0 unspecified atom stereocenters. The Morgan fingerprint density at radius 3 is 2.70 bits per heavy atom. The Balaban J connectivity index is 1.40. The summed E-state index contributed by atoms with van der Waals surface area (Å²) in [6.07, 6.45) is -4.75. The number of esters is 1. The molecular formula is C19H14F3N3O5. The van der Waals surface area contributed by atoms with E-state index in [0.29, 0.717) is 21.8 Å². The predicted molar refractivity (Wildman–Crippen MR) is 96.9 cm³/mol. The minimum absolute atomic E-state index is 0.0766. The summed E-state index contributed by atoms with van der Waals surface area (Å²) in [5.74, 6) is -1.90. The lowest BCUT2D eigenvalue weighted by atomic mass is 10.3. The molecule has 1 N–H and O–H groups in total. The first kappa shape index (κ1) is 19.6. The summed E-state index contributed by atoms with van der Waals surface area (Å²) in [7, 11) is 0. The van der Waals surface area contributed by atoms with Crippen LogP contribution in [0, 0.1) is 0 Å². The summed E-state index contributed by atoms with van der Waals surface area (Å²) < 4.78 is 55.7. The van der Waals surface area contributed by atoms with Gasteiger partial charge in [-0.15, -0.1) is 0 Å². The second kappa shape index (κ2) is 7.58. The lowest BCUT2D eigenvalue weighted by molar-refractivity contribution is -0.152. The minimum Gasteiger partial charge on any atom is -0.454 e. The van der Waals surface area contributed by atoms with E-state index < -0.39 is 37.0 Å². The number of benzene rings is 2. The van der Waals surface area contributed by atoms with Gasteiger partial charge in [0.2, 0.25) is 12.6 Å². The van der Waals surface area contributed by atoms with Gasteiger partial charge in [-0.05, 0) is 24.3 Å². The molecule has 3 aromatic rings. The van der Waals surface area contributed by atoms with Crippen molar-refractivity contribution >= 4 is 28.6 Å². The van der Waals surface area contributed by atoms with E-state index in [1.807, 2.05) is 0 Å². The van der Waals surface area contributed by atoms with Crippen LogP contribution < -0.4 is 14.8 Å². The Bertz CT molecular complexity index is 1130. The molecular weight excluding hydrogens is 407 g/mol. The molecule has 0 bridgehead atoms. The van der Waals surface area contributed by atoms with Crippen LogP contribution in [-0.2, 0) is 27.0 Å². The van der Waals surface area contributed by atoms with Gasteiger partial charge in [-0.1, -0.05) is 12.1 Å². The van der Waals surface area contributed by atoms with Gasteiger partial charge >= 0.3 is 12.1 Å². The van der Waals surface area contributed by atoms with Gasteiger partial charge in [-0.3, -0.25) is 9.59 Å². The average Bonchev–Trinajstić information content (AvgIpc) is 3.31. The Labute approximate surface area is 167 Å². The monoisotopic (exact) mass is 421 g/mol. The normalized spacial score (nSPS) is 12.8. The van der Waals surface area contributed by atoms with E-state index in [1.54, 1.807) is 18.2 Å². The number of hydrogen-bond donors (Lipinski definition) is 1. The highest BCUT2D eigenvalue weighted by atomic mass is 19.4. The quantitative estimate of drug-likeness (QED) is 0.637. The van der Waals surface area contributed by atoms with E-state index in [0.717, 1.165) is 0 Å². The van der Waals surface area contributed by atoms with E-state index >= 15 is 0 Å². The number of anilines is 1. The lowest BCUT2D eigenvalue weighted by Crippen LogP contribution is -2.24. The molecule has 8 nitrogen and oxygen atoms in total. The number of aromatic nitrogens is 2. The highest BCUT2D eigenvalue weighted by Gasteiger charge is 2.38. The summed E-state index contributed by atoms with van der Waals surface area (Å²) >= 11 is 0. The SMILES string of the molecule is O=C(COC(=O)Cn1c(C(F)(F)F)nc2ccccc21)Nc1ccc2c(c1)OCO2. The summed E-state index contributed by atoms with van der Waals surface area (Å²) in [6.45, 7) is -1.33. The number of rotatable bonds is 5. The molecule has 0 saturated carbocycles. The lowest BCUT2D eigenvalue weighted by Gasteiger charge is -2.11. The third kappa shape index (κ3) is 4.00. The molecule has 1 aliphatic rings. The molecule has 11 heteroatoms. The number of amides is 1. The van der Waals surface area contributed by atoms with Crippen LogP contribution in [-0.4, -0.2) is 34.8 Å². The van der Waals surface area contributed by atoms with Crippen molar-refractivity contribution in [3.63, 3.8) is 0 Å². The maximum atomic E-state index is 13.3. The molecule has 1 aromatic heterocycles. The van der Waals surface area contributed by atoms with Gasteiger partial charge in [0, 0.05) is 11.8 Å². The number of carbonyl (C=O) groups excluding carboxylic acids is 2. The Hall–Kier alpha value is -3.76. The zero-order valence-electron chi connectivity index (χ0n) is 15.2. The van der Waals surface area contributed by atoms with Gasteiger partial charge in [0.15, 0.2) is 18.1 Å². The topological polar surface area (TPSA) is 91.7 Å². The number of nitrogens with zero attached hydrogens (tertiary/aromatic N) is 2. The van der Waals surface area contributed by atoms with E-state index in [-0.39, 0.29) is 17.8 Å². The van der Waals surface area contributed by atoms with Gasteiger partial charge in [0.05, 0.1) is 11.0 Å². The summed E-state index contributed by atoms with van der Waals surface area (Å²) in [6, 6.07) is 10.6. The minimum atomic E-state index is -4.75. The first-order valence-corrected chi connectivity index (χ1v) is 8.69. The fourth-order valence-electron chi connectivity index (χ4n) is 2.94. The number of halogens is 3. The molecule has 2 aromatic carbocycles. The maximum absolute atomic E-state index is 13.3. The van der Waals surface area contributed by atoms with Gasteiger partial charge in [-0.2, -0.15) is 13.2 Å². The van der Waals surface area contributed by atoms with Crippen LogP contribution in [0.2, 0.25) is 0 Å². The zero-order chi connectivity index (χ0) is 21.3. The number of para-hydroxylation sites is 2. The highest BCUT2D eigenvalue weighted by Crippen LogP contribution is 2.34. The van der Waals surface area contributed by atoms with E-state index in [2.05, 4.69) is 10.3 Å². The molecule has 0 atom stereocenters. The van der Waals surface area contributed by atoms with Crippen LogP contribution in [0.5, 0.6) is 11.5 Å². The first-order valence-electron chi connectivity index (χ1n) is 8.69. The molecule has 0 fully saturated rings. The first-order chi connectivity index (χ1) is 14.3. The fourth-order valence-corrected chi connectivity index (χ4v) is 2.94. The van der Waals surface area contributed by atoms with Crippen molar-refractivity contribution in [3.8, 4) is 11.5 Å². The van der Waals surface area contributed by atoms with Crippen molar-refractivity contribution in [3.05, 3.63) is 48.3 Å². The molecule has 2 heterocycles. The van der Waals surface area contributed by atoms with E-state index in [4.69, 9.17) is 14.2 Å². The van der Waals surface area contributed by atoms with Crippen LogP contribution >= 0.6 is 0 Å². The Morgan fingerprint density at radius 1 is 1.13 bits per heavy atom. The maximum Gasteiger partial charge on any atom is 0.449 e. The van der Waals surface area contributed by atoms with Crippen molar-refractivity contribution < 1.29 is 37.0 Å². The van der Waals surface area contributed by atoms with Crippen LogP contribution in [0.3, 0.4) is 0 Å². The van der Waals surface area contributed by atoms with Crippen LogP contribution in [0.4, 0.5) is 18.9 Å². The van der Waals surface area contributed by atoms with Crippen LogP contribution in [0.25, 0.3) is 11.0 Å². The van der Waals surface area contributed by atoms with Crippen molar-refractivity contribution in [2.75, 3.05) is 18.7 Å². The van der Waals surface area contributed by atoms with Crippen molar-refractivity contribution in [2.45, 2.75) is 12.7 Å². The summed E-state index contributed by atoms with van der Waals surface area (Å²) in [4.78, 5) is 27.6. The van der Waals surface area contributed by atoms with Gasteiger partial charge in [-0.25, -0.2) is 4.98 Å². The number of carbonyl (C=O) groups is 2. The Morgan fingerprint density at radius 2 is 1.90 bits per heavy atom. The number of fused-ring (bicyclic) bond motifs is 2. The van der Waals surface area contributed by atoms with Crippen LogP contribution in [0.1, 0.15) is 5.82 Å². The average molecular weight is 421 g/mol. The van der Waals surface area contributed by atoms with Gasteiger partial charge in [0.1, 0.15) is 6.54 Å². The second-order valence-electron chi connectivity index (χ2n) is 6.28. The summed E-state index contributed by atoms with van der Waals surface area (Å²) in [5, 5.41) is 2.50. The predicted octanol–water partition coefficient (Wildman–Crippen LogP) is 2.97. The third-order valence-corrected chi connectivity index (χ3v) is 4.22. The third-order valence-electron chi connectivity index (χ3n) is 4.22. The molecule has 156 valence electrons. The van der Waals surface area contributed by atoms with Crippen molar-refractivity contribution in [1.29, 1.82) is 0 Å².